The zero-order valence-corrected chi connectivity index (χ0v) is 20.1. The van der Waals surface area contributed by atoms with Crippen LogP contribution in [0.3, 0.4) is 0 Å². The first kappa shape index (κ1) is 22.7. The van der Waals surface area contributed by atoms with Gasteiger partial charge in [-0.2, -0.15) is 0 Å². The van der Waals surface area contributed by atoms with E-state index in [0.717, 1.165) is 47.4 Å². The Balaban J connectivity index is 1.67. The van der Waals surface area contributed by atoms with Crippen LogP contribution in [-0.4, -0.2) is 22.8 Å². The summed E-state index contributed by atoms with van der Waals surface area (Å²) in [5.41, 5.74) is 2.09. The van der Waals surface area contributed by atoms with Gasteiger partial charge >= 0.3 is 0 Å². The average molecular weight is 467 g/mol. The molecule has 1 saturated carbocycles. The number of benzene rings is 1. The van der Waals surface area contributed by atoms with Crippen LogP contribution in [0.4, 0.5) is 0 Å². The summed E-state index contributed by atoms with van der Waals surface area (Å²) in [6.07, 6.45) is 5.58. The highest BCUT2D eigenvalue weighted by atomic mass is 32.1. The number of hydrogen-bond acceptors (Lipinski definition) is 4. The van der Waals surface area contributed by atoms with Gasteiger partial charge in [-0.05, 0) is 53.3 Å². The van der Waals surface area contributed by atoms with Gasteiger partial charge < -0.3 is 10.2 Å². The van der Waals surface area contributed by atoms with E-state index >= 15 is 0 Å². The number of nitrogens with zero attached hydrogens (tertiary/aromatic N) is 1. The molecule has 0 saturated heterocycles. The Morgan fingerprint density at radius 1 is 1.00 bits per heavy atom. The summed E-state index contributed by atoms with van der Waals surface area (Å²) in [4.78, 5) is 31.1. The number of rotatable bonds is 9. The molecule has 2 amide bonds. The van der Waals surface area contributed by atoms with Gasteiger partial charge in [0.15, 0.2) is 0 Å². The van der Waals surface area contributed by atoms with Crippen molar-refractivity contribution in [3.8, 4) is 0 Å². The highest BCUT2D eigenvalue weighted by Gasteiger charge is 2.33. The summed E-state index contributed by atoms with van der Waals surface area (Å²) < 4.78 is 0. The van der Waals surface area contributed by atoms with Crippen molar-refractivity contribution in [2.75, 3.05) is 0 Å². The van der Waals surface area contributed by atoms with Crippen LogP contribution >= 0.6 is 22.7 Å². The van der Waals surface area contributed by atoms with Gasteiger partial charge in [-0.25, -0.2) is 0 Å². The summed E-state index contributed by atoms with van der Waals surface area (Å²) in [7, 11) is 0. The Hall–Kier alpha value is -2.44. The number of hydrogen-bond donors (Lipinski definition) is 1. The van der Waals surface area contributed by atoms with E-state index in [1.807, 2.05) is 47.2 Å². The monoisotopic (exact) mass is 466 g/mol. The van der Waals surface area contributed by atoms with E-state index < -0.39 is 6.04 Å². The van der Waals surface area contributed by atoms with E-state index in [1.165, 1.54) is 5.56 Å². The predicted octanol–water partition coefficient (Wildman–Crippen LogP) is 5.74. The lowest BCUT2D eigenvalue weighted by atomic mass is 10.0. The molecule has 0 spiro atoms. The van der Waals surface area contributed by atoms with E-state index in [2.05, 4.69) is 24.4 Å². The Bertz CT molecular complexity index is 991. The minimum Gasteiger partial charge on any atom is -0.351 e. The Kier molecular flexibility index (Phi) is 7.76. The third-order valence-corrected chi connectivity index (χ3v) is 7.84. The van der Waals surface area contributed by atoms with Gasteiger partial charge in [-0.15, -0.1) is 22.7 Å². The lowest BCUT2D eigenvalue weighted by Gasteiger charge is -2.32. The van der Waals surface area contributed by atoms with Gasteiger partial charge in [-0.1, -0.05) is 56.2 Å². The fourth-order valence-corrected chi connectivity index (χ4v) is 5.71. The van der Waals surface area contributed by atoms with Crippen LogP contribution in [-0.2, 0) is 29.0 Å². The van der Waals surface area contributed by atoms with Crippen LogP contribution in [0.15, 0.2) is 59.3 Å². The third-order valence-electron chi connectivity index (χ3n) is 6.10. The van der Waals surface area contributed by atoms with Gasteiger partial charge in [0.05, 0.1) is 13.0 Å². The number of carbonyl (C=O) groups excluding carboxylic acids is 2. The van der Waals surface area contributed by atoms with Crippen molar-refractivity contribution in [2.45, 2.75) is 64.1 Å². The highest BCUT2D eigenvalue weighted by molar-refractivity contribution is 7.10. The van der Waals surface area contributed by atoms with Crippen LogP contribution in [0.1, 0.15) is 59.5 Å². The molecule has 0 aliphatic heterocycles. The molecule has 2 aromatic heterocycles. The smallest absolute Gasteiger partial charge is 0.247 e. The second kappa shape index (κ2) is 10.9. The molecule has 4 rings (SSSR count). The molecule has 0 bridgehead atoms. The molecule has 3 aromatic rings. The van der Waals surface area contributed by atoms with E-state index in [0.29, 0.717) is 13.0 Å². The van der Waals surface area contributed by atoms with Crippen molar-refractivity contribution in [1.82, 2.24) is 10.2 Å². The maximum Gasteiger partial charge on any atom is 0.247 e. The predicted molar refractivity (Wildman–Crippen MR) is 132 cm³/mol. The lowest BCUT2D eigenvalue weighted by Crippen LogP contribution is -2.46. The zero-order valence-electron chi connectivity index (χ0n) is 18.5. The molecule has 1 aromatic carbocycles. The van der Waals surface area contributed by atoms with Crippen LogP contribution < -0.4 is 5.32 Å². The van der Waals surface area contributed by atoms with E-state index in [9.17, 15) is 9.59 Å². The first-order valence-corrected chi connectivity index (χ1v) is 13.1. The van der Waals surface area contributed by atoms with Gasteiger partial charge in [0, 0.05) is 15.8 Å². The van der Waals surface area contributed by atoms with E-state index in [1.54, 1.807) is 27.6 Å². The lowest BCUT2D eigenvalue weighted by molar-refractivity contribution is -0.141. The van der Waals surface area contributed by atoms with Gasteiger partial charge in [0.1, 0.15) is 6.04 Å². The number of nitrogens with one attached hydrogen (secondary N) is 1. The molecule has 168 valence electrons. The van der Waals surface area contributed by atoms with Gasteiger partial charge in [-0.3, -0.25) is 9.59 Å². The minimum absolute atomic E-state index is 0.0213. The zero-order chi connectivity index (χ0) is 22.3. The average Bonchev–Trinajstić information content (AvgIpc) is 3.58. The summed E-state index contributed by atoms with van der Waals surface area (Å²) in [5, 5.41) is 7.25. The molecule has 0 unspecified atom stereocenters. The highest BCUT2D eigenvalue weighted by Crippen LogP contribution is 2.28. The number of thiophene rings is 2. The second-order valence-corrected chi connectivity index (χ2v) is 10.4. The van der Waals surface area contributed by atoms with E-state index in [4.69, 9.17) is 0 Å². The van der Waals surface area contributed by atoms with Crippen LogP contribution in [0.5, 0.6) is 0 Å². The van der Waals surface area contributed by atoms with Crippen molar-refractivity contribution in [3.05, 3.63) is 80.2 Å². The first-order chi connectivity index (χ1) is 15.6. The van der Waals surface area contributed by atoms with Crippen LogP contribution in [0.2, 0.25) is 0 Å². The van der Waals surface area contributed by atoms with Crippen LogP contribution in [0.25, 0.3) is 0 Å². The number of carbonyl (C=O) groups is 2. The van der Waals surface area contributed by atoms with Gasteiger partial charge in [0.2, 0.25) is 11.8 Å². The second-order valence-electron chi connectivity index (χ2n) is 8.34. The Morgan fingerprint density at radius 2 is 1.66 bits per heavy atom. The fourth-order valence-electron chi connectivity index (χ4n) is 4.32. The molecular weight excluding hydrogens is 436 g/mol. The fraction of sp³-hybridized carbons (Fsp3) is 0.385. The number of aryl methyl sites for hydroxylation is 1. The van der Waals surface area contributed by atoms with Crippen molar-refractivity contribution < 1.29 is 9.59 Å². The van der Waals surface area contributed by atoms with Crippen molar-refractivity contribution >= 4 is 34.5 Å². The summed E-state index contributed by atoms with van der Waals surface area (Å²) in [6, 6.07) is 15.7. The Morgan fingerprint density at radius 3 is 2.25 bits per heavy atom. The topological polar surface area (TPSA) is 49.4 Å². The molecule has 2 heterocycles. The Labute approximate surface area is 198 Å². The van der Waals surface area contributed by atoms with E-state index in [-0.39, 0.29) is 17.9 Å². The largest absolute Gasteiger partial charge is 0.351 e. The van der Waals surface area contributed by atoms with Crippen molar-refractivity contribution in [2.24, 2.45) is 0 Å². The molecule has 4 nitrogen and oxygen atoms in total. The summed E-state index contributed by atoms with van der Waals surface area (Å²) >= 11 is 3.20. The van der Waals surface area contributed by atoms with Crippen LogP contribution in [0, 0.1) is 0 Å². The van der Waals surface area contributed by atoms with Gasteiger partial charge in [0.25, 0.3) is 0 Å². The molecule has 0 radical (unpaired) electrons. The quantitative estimate of drug-likeness (QED) is 0.437. The molecule has 1 fully saturated rings. The SMILES string of the molecule is CCc1ccc([C@H](C(=O)NC2CCCC2)N(Cc2cccs2)C(=O)Cc2cccs2)cc1. The number of amides is 2. The maximum atomic E-state index is 13.6. The molecule has 1 aliphatic carbocycles. The standard InChI is InChI=1S/C26H30N2O2S2/c1-2-19-11-13-20(14-12-19)25(26(30)27-21-7-3-4-8-21)28(18-23-10-6-16-32-23)24(29)17-22-9-5-15-31-22/h5-6,9-16,21,25H,2-4,7-8,17-18H2,1H3,(H,27,30)/t25-/m1/s1. The molecule has 1 N–H and O–H groups in total. The minimum atomic E-state index is -0.643. The normalized spacial score (nSPS) is 14.9. The molecule has 32 heavy (non-hydrogen) atoms. The molecular formula is C26H30N2O2S2. The first-order valence-electron chi connectivity index (χ1n) is 11.4. The van der Waals surface area contributed by atoms with Crippen molar-refractivity contribution in [1.29, 1.82) is 0 Å². The summed E-state index contributed by atoms with van der Waals surface area (Å²) in [6.45, 7) is 2.55. The molecule has 6 heteroatoms. The summed E-state index contributed by atoms with van der Waals surface area (Å²) in [5.74, 6) is -0.0933. The molecule has 1 aliphatic rings. The maximum absolute atomic E-state index is 13.6. The van der Waals surface area contributed by atoms with Crippen molar-refractivity contribution in [3.63, 3.8) is 0 Å². The molecule has 1 atom stereocenters. The third kappa shape index (κ3) is 5.67.